The van der Waals surface area contributed by atoms with Crippen LogP contribution in [0.15, 0.2) is 30.5 Å². The molecule has 2 N–H and O–H groups in total. The monoisotopic (exact) mass is 229 g/mol. The molecule has 4 nitrogen and oxygen atoms in total. The number of nitrogens with zero attached hydrogens (tertiary/aromatic N) is 2. The van der Waals surface area contributed by atoms with Crippen LogP contribution in [0.5, 0.6) is 5.75 Å². The number of rotatable bonds is 3. The van der Waals surface area contributed by atoms with E-state index in [1.807, 2.05) is 28.9 Å². The van der Waals surface area contributed by atoms with E-state index in [9.17, 15) is 0 Å². The molecule has 88 valence electrons. The van der Waals surface area contributed by atoms with Crippen LogP contribution in [0.1, 0.15) is 24.5 Å². The predicted molar refractivity (Wildman–Crippen MR) is 66.5 cm³/mol. The molecule has 17 heavy (non-hydrogen) atoms. The highest BCUT2D eigenvalue weighted by molar-refractivity contribution is 5.50. The van der Waals surface area contributed by atoms with Gasteiger partial charge in [-0.15, -0.1) is 0 Å². The minimum atomic E-state index is 0.573. The minimum Gasteiger partial charge on any atom is -0.497 e. The van der Waals surface area contributed by atoms with Crippen LogP contribution in [0.3, 0.4) is 0 Å². The number of methoxy groups -OCH3 is 1. The van der Waals surface area contributed by atoms with Crippen molar-refractivity contribution in [3.63, 3.8) is 0 Å². The van der Waals surface area contributed by atoms with Crippen molar-refractivity contribution in [3.05, 3.63) is 36.2 Å². The van der Waals surface area contributed by atoms with Crippen molar-refractivity contribution in [1.82, 2.24) is 9.78 Å². The maximum Gasteiger partial charge on any atom is 0.121 e. The molecular weight excluding hydrogens is 214 g/mol. The second-order valence-corrected chi connectivity index (χ2v) is 4.37. The Morgan fingerprint density at radius 1 is 1.41 bits per heavy atom. The van der Waals surface area contributed by atoms with Gasteiger partial charge in [0, 0.05) is 12.0 Å². The second-order valence-electron chi connectivity index (χ2n) is 4.37. The zero-order chi connectivity index (χ0) is 11.8. The molecule has 4 heteroatoms. The summed E-state index contributed by atoms with van der Waals surface area (Å²) in [6, 6.07) is 7.87. The number of anilines is 1. The van der Waals surface area contributed by atoms with Crippen LogP contribution in [0.2, 0.25) is 0 Å². The molecule has 0 bridgehead atoms. The van der Waals surface area contributed by atoms with E-state index in [-0.39, 0.29) is 0 Å². The van der Waals surface area contributed by atoms with E-state index in [1.54, 1.807) is 13.3 Å². The molecule has 0 unspecified atom stereocenters. The number of hydrogen-bond acceptors (Lipinski definition) is 3. The maximum atomic E-state index is 5.98. The van der Waals surface area contributed by atoms with E-state index < -0.39 is 0 Å². The molecule has 1 aromatic carbocycles. The first-order valence-corrected chi connectivity index (χ1v) is 5.77. The van der Waals surface area contributed by atoms with Gasteiger partial charge >= 0.3 is 0 Å². The highest BCUT2D eigenvalue weighted by Gasteiger charge is 2.30. The van der Waals surface area contributed by atoms with Gasteiger partial charge in [-0.3, -0.25) is 0 Å². The fourth-order valence-corrected chi connectivity index (χ4v) is 2.08. The zero-order valence-electron chi connectivity index (χ0n) is 9.76. The van der Waals surface area contributed by atoms with Crippen molar-refractivity contribution < 1.29 is 4.74 Å². The summed E-state index contributed by atoms with van der Waals surface area (Å²) in [4.78, 5) is 0. The maximum absolute atomic E-state index is 5.98. The summed E-state index contributed by atoms with van der Waals surface area (Å²) >= 11 is 0. The van der Waals surface area contributed by atoms with E-state index in [0.29, 0.717) is 5.92 Å². The van der Waals surface area contributed by atoms with Crippen LogP contribution >= 0.6 is 0 Å². The van der Waals surface area contributed by atoms with Crippen molar-refractivity contribution >= 4 is 5.69 Å². The molecule has 0 spiro atoms. The summed E-state index contributed by atoms with van der Waals surface area (Å²) in [6.45, 7) is 0. The minimum absolute atomic E-state index is 0.573. The highest BCUT2D eigenvalue weighted by atomic mass is 16.5. The Labute approximate surface area is 100 Å². The van der Waals surface area contributed by atoms with Gasteiger partial charge in [-0.2, -0.15) is 5.10 Å². The molecule has 1 aromatic heterocycles. The Bertz CT molecular complexity index is 543. The topological polar surface area (TPSA) is 53.1 Å². The van der Waals surface area contributed by atoms with Gasteiger partial charge < -0.3 is 10.5 Å². The van der Waals surface area contributed by atoms with Crippen LogP contribution in [-0.2, 0) is 0 Å². The largest absolute Gasteiger partial charge is 0.497 e. The molecule has 1 aliphatic rings. The van der Waals surface area contributed by atoms with Gasteiger partial charge in [0.05, 0.1) is 30.4 Å². The third-order valence-electron chi connectivity index (χ3n) is 3.10. The fraction of sp³-hybridized carbons (Fsp3) is 0.308. The summed E-state index contributed by atoms with van der Waals surface area (Å²) < 4.78 is 7.15. The first-order chi connectivity index (χ1) is 8.29. The lowest BCUT2D eigenvalue weighted by Crippen LogP contribution is -2.02. The molecule has 1 heterocycles. The third-order valence-corrected chi connectivity index (χ3v) is 3.10. The van der Waals surface area contributed by atoms with Gasteiger partial charge in [0.25, 0.3) is 0 Å². The SMILES string of the molecule is COc1cccc(-n2ncc(N)c2C2CC2)c1. The number of hydrogen-bond donors (Lipinski definition) is 1. The van der Waals surface area contributed by atoms with Crippen LogP contribution in [-0.4, -0.2) is 16.9 Å². The normalized spacial score (nSPS) is 14.9. The number of ether oxygens (including phenoxy) is 1. The standard InChI is InChI=1S/C13H15N3O/c1-17-11-4-2-3-10(7-11)16-13(9-5-6-9)12(14)8-15-16/h2-4,7-9H,5-6,14H2,1H3. The molecule has 0 saturated heterocycles. The predicted octanol–water partition coefficient (Wildman–Crippen LogP) is 2.34. The molecule has 2 aromatic rings. The first-order valence-electron chi connectivity index (χ1n) is 5.77. The Hall–Kier alpha value is -1.97. The van der Waals surface area contributed by atoms with Gasteiger partial charge in [0.15, 0.2) is 0 Å². The van der Waals surface area contributed by atoms with E-state index in [4.69, 9.17) is 10.5 Å². The number of nitrogen functional groups attached to an aromatic ring is 1. The number of nitrogens with two attached hydrogens (primary N) is 1. The van der Waals surface area contributed by atoms with E-state index in [2.05, 4.69) is 5.10 Å². The Morgan fingerprint density at radius 2 is 2.24 bits per heavy atom. The summed E-state index contributed by atoms with van der Waals surface area (Å²) in [5.74, 6) is 1.40. The van der Waals surface area contributed by atoms with Crippen LogP contribution in [0, 0.1) is 0 Å². The molecule has 3 rings (SSSR count). The van der Waals surface area contributed by atoms with Gasteiger partial charge in [0.1, 0.15) is 5.75 Å². The van der Waals surface area contributed by atoms with Gasteiger partial charge in [-0.25, -0.2) is 4.68 Å². The summed E-state index contributed by atoms with van der Waals surface area (Å²) in [7, 11) is 1.67. The summed E-state index contributed by atoms with van der Waals surface area (Å²) in [6.07, 6.45) is 4.15. The average molecular weight is 229 g/mol. The first kappa shape index (κ1) is 10.2. The Kier molecular flexibility index (Phi) is 2.28. The molecule has 1 saturated carbocycles. The smallest absolute Gasteiger partial charge is 0.121 e. The van der Waals surface area contributed by atoms with Gasteiger partial charge in [0.2, 0.25) is 0 Å². The molecule has 0 aliphatic heterocycles. The van der Waals surface area contributed by atoms with Crippen LogP contribution in [0.25, 0.3) is 5.69 Å². The third kappa shape index (κ3) is 1.75. The van der Waals surface area contributed by atoms with E-state index >= 15 is 0 Å². The summed E-state index contributed by atoms with van der Waals surface area (Å²) in [5.41, 5.74) is 8.90. The van der Waals surface area contributed by atoms with Crippen molar-refractivity contribution in [2.45, 2.75) is 18.8 Å². The van der Waals surface area contributed by atoms with E-state index in [1.165, 1.54) is 12.8 Å². The van der Waals surface area contributed by atoms with Crippen molar-refractivity contribution in [2.24, 2.45) is 0 Å². The number of aromatic nitrogens is 2. The molecular formula is C13H15N3O. The lowest BCUT2D eigenvalue weighted by molar-refractivity contribution is 0.414. The zero-order valence-corrected chi connectivity index (χ0v) is 9.76. The van der Waals surface area contributed by atoms with Crippen molar-refractivity contribution in [1.29, 1.82) is 0 Å². The Balaban J connectivity index is 2.08. The summed E-state index contributed by atoms with van der Waals surface area (Å²) in [5, 5.41) is 4.36. The molecule has 0 radical (unpaired) electrons. The lowest BCUT2D eigenvalue weighted by Gasteiger charge is -2.08. The molecule has 0 amide bonds. The average Bonchev–Trinajstić information content (AvgIpc) is 3.12. The molecule has 1 aliphatic carbocycles. The van der Waals surface area contributed by atoms with Gasteiger partial charge in [-0.1, -0.05) is 6.07 Å². The quantitative estimate of drug-likeness (QED) is 0.878. The molecule has 1 fully saturated rings. The van der Waals surface area contributed by atoms with Crippen LogP contribution in [0.4, 0.5) is 5.69 Å². The van der Waals surface area contributed by atoms with Crippen molar-refractivity contribution in [2.75, 3.05) is 12.8 Å². The van der Waals surface area contributed by atoms with Crippen LogP contribution < -0.4 is 10.5 Å². The number of benzene rings is 1. The second kappa shape index (κ2) is 3.80. The molecule has 0 atom stereocenters. The van der Waals surface area contributed by atoms with Crippen molar-refractivity contribution in [3.8, 4) is 11.4 Å². The Morgan fingerprint density at radius 3 is 2.94 bits per heavy atom. The van der Waals surface area contributed by atoms with E-state index in [0.717, 1.165) is 22.8 Å². The lowest BCUT2D eigenvalue weighted by atomic mass is 10.2. The fourth-order valence-electron chi connectivity index (χ4n) is 2.08. The highest BCUT2D eigenvalue weighted by Crippen LogP contribution is 2.43. The van der Waals surface area contributed by atoms with Gasteiger partial charge in [-0.05, 0) is 25.0 Å².